The maximum atomic E-state index is 13.7. The van der Waals surface area contributed by atoms with Gasteiger partial charge in [-0.05, 0) is 71.8 Å². The quantitative estimate of drug-likeness (QED) is 0.0199. The minimum Gasteiger partial charge on any atom is -0.496 e. The number of methoxy groups -OCH3 is 2. The number of benzene rings is 1. The van der Waals surface area contributed by atoms with Crippen LogP contribution in [0.5, 0.6) is 11.5 Å². The third-order valence-corrected chi connectivity index (χ3v) is 15.8. The summed E-state index contributed by atoms with van der Waals surface area (Å²) in [5.74, 6) is -1.63. The molecule has 0 radical (unpaired) electrons. The smallest absolute Gasteiger partial charge is 0.342 e. The fourth-order valence-corrected chi connectivity index (χ4v) is 10.4. The summed E-state index contributed by atoms with van der Waals surface area (Å²) in [6.07, 6.45) is 41.4. The molecule has 1 aliphatic rings. The predicted molar refractivity (Wildman–Crippen MR) is 319 cm³/mol. The van der Waals surface area contributed by atoms with Gasteiger partial charge in [0.1, 0.15) is 31.1 Å². The second kappa shape index (κ2) is 45.1. The Morgan fingerprint density at radius 1 is 0.537 bits per heavy atom. The number of rotatable bonds is 51. The number of carbonyl (C=O) groups is 6. The zero-order valence-corrected chi connectivity index (χ0v) is 51.9. The highest BCUT2D eigenvalue weighted by atomic mass is 16.6. The maximum Gasteiger partial charge on any atom is 0.342 e. The second-order valence-electron chi connectivity index (χ2n) is 23.4. The summed E-state index contributed by atoms with van der Waals surface area (Å²) >= 11 is 0. The van der Waals surface area contributed by atoms with Crippen LogP contribution in [-0.2, 0) is 60.7 Å². The fourth-order valence-electron chi connectivity index (χ4n) is 10.4. The normalized spacial score (nSPS) is 12.4. The van der Waals surface area contributed by atoms with Crippen molar-refractivity contribution in [2.24, 2.45) is 5.41 Å². The molecule has 0 N–H and O–H groups in total. The second-order valence-corrected chi connectivity index (χ2v) is 23.4. The van der Waals surface area contributed by atoms with Crippen LogP contribution in [0.3, 0.4) is 0 Å². The van der Waals surface area contributed by atoms with E-state index in [2.05, 4.69) is 13.8 Å². The first-order chi connectivity index (χ1) is 38.7. The van der Waals surface area contributed by atoms with E-state index >= 15 is 0 Å². The molecule has 13 nitrogen and oxygen atoms in total. The first kappa shape index (κ1) is 71.7. The highest BCUT2D eigenvalue weighted by molar-refractivity contribution is 5.99. The van der Waals surface area contributed by atoms with Crippen molar-refractivity contribution < 1.29 is 61.9 Å². The first-order valence-electron chi connectivity index (χ1n) is 32.0. The van der Waals surface area contributed by atoms with Gasteiger partial charge in [-0.1, -0.05) is 218 Å². The number of allylic oxidation sites excluding steroid dienone is 2. The maximum absolute atomic E-state index is 13.7. The van der Waals surface area contributed by atoms with E-state index in [1.807, 2.05) is 33.8 Å². The molecule has 1 aromatic carbocycles. The van der Waals surface area contributed by atoms with Crippen LogP contribution in [0, 0.1) is 12.3 Å². The molecule has 80 heavy (non-hydrogen) atoms. The summed E-state index contributed by atoms with van der Waals surface area (Å²) < 4.78 is 39.1. The molecule has 1 aliphatic heterocycles. The van der Waals surface area contributed by atoms with Gasteiger partial charge in [-0.15, -0.1) is 0 Å². The average molecular weight is 1130 g/mol. The molecule has 1 aromatic rings. The van der Waals surface area contributed by atoms with Gasteiger partial charge in [-0.25, -0.2) is 4.79 Å². The van der Waals surface area contributed by atoms with Gasteiger partial charge in [0.2, 0.25) is 0 Å². The van der Waals surface area contributed by atoms with Crippen molar-refractivity contribution in [2.45, 2.75) is 311 Å². The highest BCUT2D eigenvalue weighted by Gasteiger charge is 2.35. The lowest BCUT2D eigenvalue weighted by atomic mass is 9.87. The molecule has 2 rings (SSSR count). The van der Waals surface area contributed by atoms with Crippen LogP contribution in [0.2, 0.25) is 0 Å². The van der Waals surface area contributed by atoms with Gasteiger partial charge in [-0.2, -0.15) is 0 Å². The average Bonchev–Trinajstić information content (AvgIpc) is 4.06. The summed E-state index contributed by atoms with van der Waals surface area (Å²) in [6, 6.07) is 0. The third-order valence-electron chi connectivity index (χ3n) is 15.8. The minimum atomic E-state index is -0.888. The zero-order valence-electron chi connectivity index (χ0n) is 51.9. The van der Waals surface area contributed by atoms with E-state index in [1.165, 1.54) is 136 Å². The molecule has 1 heterocycles. The lowest BCUT2D eigenvalue weighted by Gasteiger charge is -2.26. The Morgan fingerprint density at radius 2 is 0.950 bits per heavy atom. The summed E-state index contributed by atoms with van der Waals surface area (Å²) in [4.78, 5) is 77.3. The topological polar surface area (TPSA) is 167 Å². The molecular formula is C67H112O13. The van der Waals surface area contributed by atoms with Gasteiger partial charge in [-0.3, -0.25) is 24.0 Å². The number of carbonyl (C=O) groups excluding carboxylic acids is 6. The van der Waals surface area contributed by atoms with E-state index in [1.54, 1.807) is 7.11 Å². The van der Waals surface area contributed by atoms with Crippen LogP contribution in [-0.4, -0.2) is 69.4 Å². The Kier molecular flexibility index (Phi) is 40.4. The van der Waals surface area contributed by atoms with Crippen molar-refractivity contribution in [1.29, 1.82) is 0 Å². The largest absolute Gasteiger partial charge is 0.496 e. The molecule has 0 spiro atoms. The van der Waals surface area contributed by atoms with E-state index in [0.29, 0.717) is 55.4 Å². The van der Waals surface area contributed by atoms with Gasteiger partial charge < -0.3 is 33.2 Å². The van der Waals surface area contributed by atoms with Crippen molar-refractivity contribution in [3.63, 3.8) is 0 Å². The van der Waals surface area contributed by atoms with Gasteiger partial charge >= 0.3 is 35.8 Å². The number of cyclic esters (lactones) is 1. The van der Waals surface area contributed by atoms with Crippen LogP contribution < -0.4 is 9.47 Å². The molecule has 0 saturated heterocycles. The Hall–Kier alpha value is -4.42. The van der Waals surface area contributed by atoms with E-state index in [9.17, 15) is 28.8 Å². The van der Waals surface area contributed by atoms with Crippen molar-refractivity contribution in [1.82, 2.24) is 0 Å². The summed E-state index contributed by atoms with van der Waals surface area (Å²) in [5.41, 5.74) is 2.40. The molecule has 0 fully saturated rings. The number of fused-ring (bicyclic) bond motifs is 1. The van der Waals surface area contributed by atoms with Crippen molar-refractivity contribution >= 4 is 35.8 Å². The standard InChI is InChI=1S/C67H112O13/c1-9-11-13-15-17-19-21-23-25-27-30-34-38-42-59(69)76-50-55(51-77-60(70)43-39-35-31-28-26-24-22-20-18-16-14-12-10-2)79-66(73)67(5,6)49-41-37-33-29-32-36-40-44-61(71)80-64-56(47-45-53(3)46-48-58(68)74-7)63(75-8)54(4)57-52-78-65(72)62(57)64/h45,55H,9-44,46-52H2,1-8H3/b53-45+. The SMILES string of the molecule is CCCCCCCCCCCCCCCC(=O)OCC(COC(=O)CCCCCCCCCCCCCCC)OC(=O)C(C)(C)CCCCCCCCCC(=O)Oc1c(C/C=C(\C)CCC(=O)OC)c(OC)c(C)c2c1C(=O)OC2. The fraction of sp³-hybridized carbons (Fsp3) is 0.791. The van der Waals surface area contributed by atoms with Gasteiger partial charge in [0, 0.05) is 36.8 Å². The molecule has 0 atom stereocenters. The highest BCUT2D eigenvalue weighted by Crippen LogP contribution is 2.43. The third kappa shape index (κ3) is 32.3. The minimum absolute atomic E-state index is 0.0771. The number of esters is 6. The lowest BCUT2D eigenvalue weighted by Crippen LogP contribution is -2.36. The van der Waals surface area contributed by atoms with Gasteiger partial charge in [0.25, 0.3) is 0 Å². The number of hydrogen-bond donors (Lipinski definition) is 0. The molecule has 13 heteroatoms. The van der Waals surface area contributed by atoms with Crippen molar-refractivity contribution in [3.05, 3.63) is 33.9 Å². The molecule has 0 aliphatic carbocycles. The Labute approximate surface area is 485 Å². The Bertz CT molecular complexity index is 1890. The van der Waals surface area contributed by atoms with E-state index in [0.717, 1.165) is 88.2 Å². The number of unbranched alkanes of at least 4 members (excludes halogenated alkanes) is 30. The van der Waals surface area contributed by atoms with Crippen LogP contribution in [0.25, 0.3) is 0 Å². The summed E-state index contributed by atoms with van der Waals surface area (Å²) in [5, 5.41) is 0. The molecule has 0 saturated carbocycles. The van der Waals surface area contributed by atoms with Crippen LogP contribution in [0.4, 0.5) is 0 Å². The number of ether oxygens (including phenoxy) is 7. The van der Waals surface area contributed by atoms with E-state index in [4.69, 9.17) is 33.2 Å². The molecule has 458 valence electrons. The Morgan fingerprint density at radius 3 is 1.38 bits per heavy atom. The van der Waals surface area contributed by atoms with Crippen LogP contribution in [0.1, 0.15) is 312 Å². The lowest BCUT2D eigenvalue weighted by molar-refractivity contribution is -0.173. The monoisotopic (exact) mass is 1120 g/mol. The summed E-state index contributed by atoms with van der Waals surface area (Å²) in [7, 11) is 2.91. The summed E-state index contributed by atoms with van der Waals surface area (Å²) in [6.45, 7) is 11.8. The van der Waals surface area contributed by atoms with Crippen LogP contribution >= 0.6 is 0 Å². The van der Waals surface area contributed by atoms with Crippen molar-refractivity contribution in [3.8, 4) is 11.5 Å². The number of hydrogen-bond acceptors (Lipinski definition) is 13. The van der Waals surface area contributed by atoms with Crippen LogP contribution in [0.15, 0.2) is 11.6 Å². The molecule has 0 bridgehead atoms. The molecular weight excluding hydrogens is 1010 g/mol. The van der Waals surface area contributed by atoms with Gasteiger partial charge in [0.05, 0.1) is 19.6 Å². The first-order valence-corrected chi connectivity index (χ1v) is 32.0. The zero-order chi connectivity index (χ0) is 58.6. The van der Waals surface area contributed by atoms with E-state index in [-0.39, 0.29) is 61.9 Å². The molecule has 0 aromatic heterocycles. The molecule has 0 unspecified atom stereocenters. The Balaban J connectivity index is 1.81. The molecule has 0 amide bonds. The predicted octanol–water partition coefficient (Wildman–Crippen LogP) is 17.5. The van der Waals surface area contributed by atoms with Gasteiger partial charge in [0.15, 0.2) is 11.9 Å². The van der Waals surface area contributed by atoms with E-state index < -0.39 is 29.4 Å². The van der Waals surface area contributed by atoms with Crippen molar-refractivity contribution in [2.75, 3.05) is 27.4 Å².